The van der Waals surface area contributed by atoms with E-state index >= 15 is 0 Å². The summed E-state index contributed by atoms with van der Waals surface area (Å²) >= 11 is 1.62. The smallest absolute Gasteiger partial charge is 0.352 e. The highest BCUT2D eigenvalue weighted by atomic mass is 79.9. The second-order valence-electron chi connectivity index (χ2n) is 5.54. The maximum atomic E-state index is 12.2. The number of carboxylic acid groups (broad SMARTS) is 1. The summed E-state index contributed by atoms with van der Waals surface area (Å²) < 4.78 is 0. The fraction of sp³-hybridized carbons (Fsp3) is 0.643. The summed E-state index contributed by atoms with van der Waals surface area (Å²) in [7, 11) is 0. The Bertz CT molecular complexity index is 524. The fourth-order valence-corrected chi connectivity index (χ4v) is 4.30. The molecule has 2 atom stereocenters. The second kappa shape index (κ2) is 6.52. The lowest BCUT2D eigenvalue weighted by Crippen LogP contribution is -2.64. The molecule has 1 saturated heterocycles. The zero-order valence-electron chi connectivity index (χ0n) is 11.9. The lowest BCUT2D eigenvalue weighted by Gasteiger charge is -2.47. The number of thioether (sulfide) groups is 1. The third-order valence-electron chi connectivity index (χ3n) is 4.09. The molecule has 2 fully saturated rings. The molecule has 1 aliphatic carbocycles. The van der Waals surface area contributed by atoms with E-state index in [4.69, 9.17) is 0 Å². The minimum atomic E-state index is -1.01. The lowest BCUT2D eigenvalue weighted by atomic mass is 9.97. The molecule has 0 aromatic heterocycles. The Morgan fingerprint density at radius 2 is 2.00 bits per heavy atom. The van der Waals surface area contributed by atoms with Crippen LogP contribution in [0.4, 0.5) is 0 Å². The number of nitrogens with zero attached hydrogens (tertiary/aromatic N) is 2. The summed E-state index contributed by atoms with van der Waals surface area (Å²) in [6.07, 6.45) is 5.53. The Labute approximate surface area is 138 Å². The summed E-state index contributed by atoms with van der Waals surface area (Å²) in [6.45, 7) is 1.78. The van der Waals surface area contributed by atoms with Gasteiger partial charge in [0.05, 0.1) is 0 Å². The molecule has 1 amide bonds. The molecule has 2 heterocycles. The van der Waals surface area contributed by atoms with E-state index < -0.39 is 5.97 Å². The molecule has 0 aromatic rings. The van der Waals surface area contributed by atoms with E-state index in [1.807, 2.05) is 0 Å². The van der Waals surface area contributed by atoms with Gasteiger partial charge in [0.15, 0.2) is 6.04 Å². The third kappa shape index (κ3) is 2.90. The predicted molar refractivity (Wildman–Crippen MR) is 88.1 cm³/mol. The van der Waals surface area contributed by atoms with Crippen LogP contribution in [0.2, 0.25) is 0 Å². The van der Waals surface area contributed by atoms with Crippen molar-refractivity contribution < 1.29 is 14.7 Å². The normalized spacial score (nSPS) is 28.5. The highest BCUT2D eigenvalue weighted by Gasteiger charge is 2.53. The van der Waals surface area contributed by atoms with Crippen LogP contribution in [0.3, 0.4) is 0 Å². The van der Waals surface area contributed by atoms with E-state index in [0.29, 0.717) is 5.75 Å². The van der Waals surface area contributed by atoms with Gasteiger partial charge in [0.2, 0.25) is 0 Å². The minimum Gasteiger partial charge on any atom is -0.477 e. The van der Waals surface area contributed by atoms with Crippen LogP contribution in [0.15, 0.2) is 16.3 Å². The minimum absolute atomic E-state index is 0. The summed E-state index contributed by atoms with van der Waals surface area (Å²) in [4.78, 5) is 29.6. The Morgan fingerprint density at radius 3 is 2.62 bits per heavy atom. The van der Waals surface area contributed by atoms with Crippen molar-refractivity contribution in [2.75, 3.05) is 5.75 Å². The first kappa shape index (κ1) is 16.5. The Hall–Kier alpha value is -0.820. The molecule has 1 saturated carbocycles. The third-order valence-corrected chi connectivity index (χ3v) is 5.50. The van der Waals surface area contributed by atoms with E-state index in [1.165, 1.54) is 11.3 Å². The van der Waals surface area contributed by atoms with Gasteiger partial charge >= 0.3 is 5.97 Å². The van der Waals surface area contributed by atoms with Crippen LogP contribution >= 0.6 is 28.7 Å². The molecule has 3 rings (SSSR count). The van der Waals surface area contributed by atoms with Crippen LogP contribution < -0.4 is 0 Å². The molecule has 5 nitrogen and oxygen atoms in total. The van der Waals surface area contributed by atoms with Gasteiger partial charge in [-0.2, -0.15) is 0 Å². The fourth-order valence-electron chi connectivity index (χ4n) is 3.03. The molecular weight excluding hydrogens is 356 g/mol. The zero-order valence-corrected chi connectivity index (χ0v) is 14.4. The molecule has 7 heteroatoms. The van der Waals surface area contributed by atoms with Gasteiger partial charge in [-0.25, -0.2) is 4.79 Å². The van der Waals surface area contributed by atoms with Crippen LogP contribution in [-0.2, 0) is 9.59 Å². The van der Waals surface area contributed by atoms with Crippen LogP contribution in [0.5, 0.6) is 0 Å². The van der Waals surface area contributed by atoms with Crippen molar-refractivity contribution in [2.24, 2.45) is 4.99 Å². The molecule has 116 valence electrons. The predicted octanol–water partition coefficient (Wildman–Crippen LogP) is 2.61. The van der Waals surface area contributed by atoms with Crippen LogP contribution in [0.1, 0.15) is 39.0 Å². The summed E-state index contributed by atoms with van der Waals surface area (Å²) in [6, 6.07) is -0.365. The largest absolute Gasteiger partial charge is 0.477 e. The number of aliphatic carboxylic acids is 1. The highest BCUT2D eigenvalue weighted by Crippen LogP contribution is 2.41. The standard InChI is InChI=1S/C14H18N2O3S.BrH/c1-8-7-20-13-10(15-9-5-3-2-4-6-9)12(17)16(13)11(8)14(18)19;/h10,13H,2-7H2,1H3,(H,18,19);1H/t10?,13-;/m0./s1. The highest BCUT2D eigenvalue weighted by molar-refractivity contribution is 8.93. The number of hydrogen-bond donors (Lipinski definition) is 1. The van der Waals surface area contributed by atoms with Crippen molar-refractivity contribution in [2.45, 2.75) is 50.4 Å². The maximum absolute atomic E-state index is 12.2. The summed E-state index contributed by atoms with van der Waals surface area (Å²) in [5.41, 5.74) is 2.06. The van der Waals surface area contributed by atoms with Gasteiger partial charge < -0.3 is 5.11 Å². The number of rotatable bonds is 2. The SMILES string of the molecule is Br.CC1=C(C(=O)O)N2C(=O)C(N=C3CCCCC3)[C@@H]2SC1. The lowest BCUT2D eigenvalue weighted by molar-refractivity contribution is -0.147. The molecule has 1 unspecified atom stereocenters. The monoisotopic (exact) mass is 374 g/mol. The van der Waals surface area contributed by atoms with Gasteiger partial charge in [-0.1, -0.05) is 6.42 Å². The molecule has 1 N–H and O–H groups in total. The topological polar surface area (TPSA) is 70.0 Å². The Morgan fingerprint density at radius 1 is 1.33 bits per heavy atom. The van der Waals surface area contributed by atoms with Crippen molar-refractivity contribution in [1.29, 1.82) is 0 Å². The molecule has 3 aliphatic rings. The first-order valence-corrected chi connectivity index (χ1v) is 8.07. The van der Waals surface area contributed by atoms with Crippen molar-refractivity contribution in [3.8, 4) is 0 Å². The van der Waals surface area contributed by atoms with E-state index in [9.17, 15) is 14.7 Å². The summed E-state index contributed by atoms with van der Waals surface area (Å²) in [5, 5.41) is 9.14. The van der Waals surface area contributed by atoms with Gasteiger partial charge in [0.1, 0.15) is 11.1 Å². The Kier molecular flexibility index (Phi) is 5.14. The van der Waals surface area contributed by atoms with Gasteiger partial charge in [-0.3, -0.25) is 14.7 Å². The molecule has 0 aromatic carbocycles. The van der Waals surface area contributed by atoms with Gasteiger partial charge in [0.25, 0.3) is 5.91 Å². The van der Waals surface area contributed by atoms with Crippen LogP contribution in [0.25, 0.3) is 0 Å². The number of amides is 1. The van der Waals surface area contributed by atoms with Gasteiger partial charge in [0, 0.05) is 11.5 Å². The maximum Gasteiger partial charge on any atom is 0.352 e. The molecule has 0 radical (unpaired) electrons. The molecule has 0 bridgehead atoms. The average Bonchev–Trinajstić information content (AvgIpc) is 2.45. The first-order chi connectivity index (χ1) is 9.59. The first-order valence-electron chi connectivity index (χ1n) is 7.03. The van der Waals surface area contributed by atoms with Crippen LogP contribution in [-0.4, -0.2) is 44.8 Å². The van der Waals surface area contributed by atoms with Crippen LogP contribution in [0, 0.1) is 0 Å². The number of carbonyl (C=O) groups excluding carboxylic acids is 1. The number of aliphatic imine (C=N–C) groups is 1. The molecular formula is C14H19BrN2O3S. The summed E-state index contributed by atoms with van der Waals surface area (Å²) in [5.74, 6) is -0.501. The average molecular weight is 375 g/mol. The second-order valence-corrected chi connectivity index (χ2v) is 6.65. The number of halogens is 1. The van der Waals surface area contributed by atoms with Crippen molar-refractivity contribution >= 4 is 46.3 Å². The number of carboxylic acids is 1. The van der Waals surface area contributed by atoms with Crippen molar-refractivity contribution in [3.63, 3.8) is 0 Å². The Balaban J connectivity index is 0.00000161. The quantitative estimate of drug-likeness (QED) is 0.754. The number of hydrogen-bond acceptors (Lipinski definition) is 4. The van der Waals surface area contributed by atoms with Crippen molar-refractivity contribution in [1.82, 2.24) is 4.90 Å². The zero-order chi connectivity index (χ0) is 14.3. The van der Waals surface area contributed by atoms with E-state index in [-0.39, 0.29) is 40.0 Å². The van der Waals surface area contributed by atoms with Crippen molar-refractivity contribution in [3.05, 3.63) is 11.3 Å². The molecule has 21 heavy (non-hydrogen) atoms. The van der Waals surface area contributed by atoms with Gasteiger partial charge in [-0.15, -0.1) is 28.7 Å². The number of β-lactam (4-membered cyclic amide) rings is 1. The number of fused-ring (bicyclic) bond motifs is 1. The molecule has 2 aliphatic heterocycles. The van der Waals surface area contributed by atoms with E-state index in [0.717, 1.165) is 37.0 Å². The van der Waals surface area contributed by atoms with E-state index in [1.54, 1.807) is 18.7 Å². The molecule has 0 spiro atoms. The number of carbonyl (C=O) groups is 2. The van der Waals surface area contributed by atoms with Gasteiger partial charge in [-0.05, 0) is 38.2 Å². The van der Waals surface area contributed by atoms with E-state index in [2.05, 4.69) is 4.99 Å².